The predicted molar refractivity (Wildman–Crippen MR) is 315 cm³/mol. The first kappa shape index (κ1) is 55.0. The Morgan fingerprint density at radius 3 is 2.58 bits per heavy atom. The average molecular weight is 1090 g/mol. The molecule has 1 aromatic heterocycles. The van der Waals surface area contributed by atoms with Crippen LogP contribution in [0.15, 0.2) is 127 Å². The number of benzene rings is 5. The van der Waals surface area contributed by atoms with Crippen molar-refractivity contribution in [2.24, 2.45) is 11.8 Å². The van der Waals surface area contributed by atoms with Gasteiger partial charge in [-0.1, -0.05) is 91.8 Å². The maximum Gasteiger partial charge on any atom is 0.161 e. The maximum absolute atomic E-state index is 11.8. The number of hydrogen-bond acceptors (Lipinski definition) is 11. The van der Waals surface area contributed by atoms with Crippen LogP contribution in [0, 0.1) is 23.7 Å². The van der Waals surface area contributed by atoms with Crippen molar-refractivity contribution in [1.29, 1.82) is 0 Å². The Morgan fingerprint density at radius 2 is 1.69 bits per heavy atom. The molecule has 12 nitrogen and oxygen atoms in total. The number of phenolic OH excluding ortho intramolecular Hbond substituents is 3. The lowest BCUT2D eigenvalue weighted by atomic mass is 9.51. The van der Waals surface area contributed by atoms with Gasteiger partial charge in [0.05, 0.1) is 37.8 Å². The van der Waals surface area contributed by atoms with Gasteiger partial charge < -0.3 is 54.4 Å². The van der Waals surface area contributed by atoms with E-state index in [-0.39, 0.29) is 73.0 Å². The lowest BCUT2D eigenvalue weighted by Crippen LogP contribution is -2.59. The van der Waals surface area contributed by atoms with Gasteiger partial charge in [-0.2, -0.15) is 0 Å². The van der Waals surface area contributed by atoms with Crippen molar-refractivity contribution in [3.05, 3.63) is 171 Å². The van der Waals surface area contributed by atoms with Crippen molar-refractivity contribution >= 4 is 16.6 Å². The Hall–Kier alpha value is -6.56. The normalized spacial score (nSPS) is 24.6. The maximum atomic E-state index is 11.8. The van der Waals surface area contributed by atoms with Gasteiger partial charge in [0, 0.05) is 71.2 Å². The molecule has 6 unspecified atom stereocenters. The van der Waals surface area contributed by atoms with Crippen LogP contribution in [0.4, 0.5) is 0 Å². The summed E-state index contributed by atoms with van der Waals surface area (Å²) in [5, 5.41) is 63.3. The van der Waals surface area contributed by atoms with Crippen LogP contribution in [0.5, 0.6) is 23.0 Å². The molecule has 5 heterocycles. The fraction of sp³-hybridized carbons (Fsp3) is 0.449. The van der Waals surface area contributed by atoms with Gasteiger partial charge in [-0.05, 0) is 177 Å². The first-order valence-corrected chi connectivity index (χ1v) is 30.0. The van der Waals surface area contributed by atoms with Crippen LogP contribution in [0.2, 0.25) is 0 Å². The van der Waals surface area contributed by atoms with E-state index in [2.05, 4.69) is 88.0 Å². The smallest absolute Gasteiger partial charge is 0.161 e. The molecular formula is C69H79N3O9. The van der Waals surface area contributed by atoms with Gasteiger partial charge in [-0.3, -0.25) is 5.32 Å². The molecule has 0 radical (unpaired) electrons. The van der Waals surface area contributed by atoms with Crippen molar-refractivity contribution < 1.29 is 44.5 Å². The Labute approximate surface area is 476 Å². The fourth-order valence-electron chi connectivity index (χ4n) is 14.5. The lowest BCUT2D eigenvalue weighted by molar-refractivity contribution is -0.166. The zero-order chi connectivity index (χ0) is 55.3. The molecule has 1 saturated carbocycles. The van der Waals surface area contributed by atoms with Crippen LogP contribution in [0.1, 0.15) is 134 Å². The zero-order valence-electron chi connectivity index (χ0n) is 46.6. The Balaban J connectivity index is 0.974. The second-order valence-corrected chi connectivity index (χ2v) is 23.8. The summed E-state index contributed by atoms with van der Waals surface area (Å²) in [5.41, 5.74) is 10.3. The van der Waals surface area contributed by atoms with E-state index >= 15 is 0 Å². The summed E-state index contributed by atoms with van der Waals surface area (Å²) in [5.74, 6) is 9.61. The highest BCUT2D eigenvalue weighted by Gasteiger charge is 2.58. The summed E-state index contributed by atoms with van der Waals surface area (Å²) in [6.45, 7) is 1.90. The van der Waals surface area contributed by atoms with Gasteiger partial charge in [-0.15, -0.1) is 0 Å². The second-order valence-electron chi connectivity index (χ2n) is 23.8. The van der Waals surface area contributed by atoms with Crippen LogP contribution in [-0.2, 0) is 51.9 Å². The number of rotatable bonds is 12. The first-order chi connectivity index (χ1) is 39.6. The number of dihydropyridines is 1. The quantitative estimate of drug-likeness (QED) is 0.0354. The monoisotopic (exact) mass is 1090 g/mol. The topological polar surface area (TPSA) is 167 Å². The standard InChI is InChI=1S/C69H79N3O9/c73-30-8-31-78-45-70-66-39-51-21-17-46(15-16-47-19-24-62(76)52(33-47)34-49-10-6-12-56(74)35-49)9-7-13-58-40-57(75)23-18-48-20-25-63(77)64(36-48)80-43-54-38-55(37-53-41-72(42-59(53)54)67(71-66)60(51)44-79-58)69-29-32-81-68(27-4-1-5-28-68)65(69)26-22-50-11-2-3-14-61(50)69/h2-3,6,10-12,14,19-20,24-25,33,35-39,41-42,46,57-58,65-66,70-71,73-77H,1,4-5,7-9,13,15-16,18,22-23,26-32,34,40,43-45H2. The first-order valence-electron chi connectivity index (χ1n) is 30.0. The van der Waals surface area contributed by atoms with Gasteiger partial charge in [0.2, 0.25) is 0 Å². The number of nitrogens with one attached hydrogen (secondary N) is 2. The van der Waals surface area contributed by atoms with Crippen LogP contribution in [-0.4, -0.2) is 87.2 Å². The molecule has 2 aliphatic carbocycles. The summed E-state index contributed by atoms with van der Waals surface area (Å²) >= 11 is 0. The van der Waals surface area contributed by atoms with Crippen LogP contribution >= 0.6 is 0 Å². The highest BCUT2D eigenvalue weighted by molar-refractivity contribution is 5.89. The number of fused-ring (bicyclic) bond motifs is 10. The molecule has 1 spiro atoms. The molecule has 2 fully saturated rings. The number of aliphatic hydroxyl groups is 2. The summed E-state index contributed by atoms with van der Waals surface area (Å²) in [6.07, 6.45) is 20.7. The van der Waals surface area contributed by atoms with E-state index in [0.29, 0.717) is 57.0 Å². The summed E-state index contributed by atoms with van der Waals surface area (Å²) in [4.78, 5) is 0. The van der Waals surface area contributed by atoms with E-state index in [1.165, 1.54) is 36.0 Å². The van der Waals surface area contributed by atoms with Crippen LogP contribution in [0.25, 0.3) is 16.6 Å². The molecule has 6 aromatic rings. The van der Waals surface area contributed by atoms with E-state index < -0.39 is 6.10 Å². The van der Waals surface area contributed by atoms with Crippen LogP contribution in [0.3, 0.4) is 0 Å². The van der Waals surface area contributed by atoms with Crippen molar-refractivity contribution in [2.45, 2.75) is 152 Å². The minimum absolute atomic E-state index is 0.0391. The summed E-state index contributed by atoms with van der Waals surface area (Å²) in [6, 6.07) is 32.6. The third-order valence-electron chi connectivity index (χ3n) is 18.6. The predicted octanol–water partition coefficient (Wildman–Crippen LogP) is 11.4. The van der Waals surface area contributed by atoms with Crippen molar-refractivity contribution in [3.8, 4) is 34.8 Å². The number of aliphatic hydroxyl groups excluding tert-OH is 2. The number of ether oxygens (including phenoxy) is 4. The SMILES string of the molecule is OCCCOCNC1C=C2C#CC(CCc3ccc(O)c(Cc4cccc(O)c4)c3)CCCC3CC(O)CCc4ccc(O)c(c4)OCc4cc(C56CCOC7(CCCCC7)C5CCc5ccccc56)cc5cn(cc45)C(=C2CO3)N1. The minimum Gasteiger partial charge on any atom is -0.508 e. The molecule has 6 atom stereocenters. The Bertz CT molecular complexity index is 3340. The molecular weight excluding hydrogens is 1010 g/mol. The number of aromatic nitrogens is 1. The number of aromatic hydroxyl groups is 3. The fourth-order valence-corrected chi connectivity index (χ4v) is 14.5. The molecule has 1 saturated heterocycles. The second kappa shape index (κ2) is 24.5. The van der Waals surface area contributed by atoms with Crippen molar-refractivity contribution in [1.82, 2.24) is 15.2 Å². The minimum atomic E-state index is -0.631. The highest BCUT2D eigenvalue weighted by atomic mass is 16.5. The largest absolute Gasteiger partial charge is 0.508 e. The van der Waals surface area contributed by atoms with Gasteiger partial charge in [0.15, 0.2) is 11.5 Å². The van der Waals surface area contributed by atoms with Gasteiger partial charge in [0.25, 0.3) is 0 Å². The summed E-state index contributed by atoms with van der Waals surface area (Å²) in [7, 11) is 0. The molecule has 4 aliphatic heterocycles. The molecule has 5 aromatic carbocycles. The molecule has 81 heavy (non-hydrogen) atoms. The molecule has 12 rings (SSSR count). The molecule has 0 amide bonds. The van der Waals surface area contributed by atoms with E-state index in [9.17, 15) is 25.5 Å². The molecule has 6 aliphatic rings. The number of hydrogen-bond donors (Lipinski definition) is 7. The lowest BCUT2D eigenvalue weighted by Gasteiger charge is -2.59. The zero-order valence-corrected chi connectivity index (χ0v) is 46.6. The van der Waals surface area contributed by atoms with E-state index in [1.54, 1.807) is 24.3 Å². The van der Waals surface area contributed by atoms with Crippen molar-refractivity contribution in [2.75, 3.05) is 33.2 Å². The van der Waals surface area contributed by atoms with Gasteiger partial charge in [-0.25, -0.2) is 0 Å². The third-order valence-corrected chi connectivity index (χ3v) is 18.6. The summed E-state index contributed by atoms with van der Waals surface area (Å²) < 4.78 is 29.1. The van der Waals surface area contributed by atoms with Gasteiger partial charge >= 0.3 is 0 Å². The molecule has 7 N–H and O–H groups in total. The number of nitrogens with zero attached hydrogens (tertiary/aromatic N) is 1. The molecule has 6 bridgehead atoms. The third kappa shape index (κ3) is 11.9. The highest BCUT2D eigenvalue weighted by Crippen LogP contribution is 2.59. The van der Waals surface area contributed by atoms with E-state index in [1.807, 2.05) is 30.3 Å². The average Bonchev–Trinajstić information content (AvgIpc) is 3.04. The Kier molecular flexibility index (Phi) is 16.6. The molecule has 424 valence electrons. The molecule has 12 heteroatoms. The number of phenols is 3. The van der Waals surface area contributed by atoms with E-state index in [0.717, 1.165) is 120 Å². The number of aryl methyl sites for hydroxylation is 3. The van der Waals surface area contributed by atoms with E-state index in [4.69, 9.17) is 18.9 Å². The van der Waals surface area contributed by atoms with Crippen LogP contribution < -0.4 is 15.4 Å². The Morgan fingerprint density at radius 1 is 0.802 bits per heavy atom. The van der Waals surface area contributed by atoms with Crippen molar-refractivity contribution in [3.63, 3.8) is 0 Å². The van der Waals surface area contributed by atoms with Gasteiger partial charge in [0.1, 0.15) is 30.1 Å².